The summed E-state index contributed by atoms with van der Waals surface area (Å²) in [6.07, 6.45) is 0. The first-order valence-electron chi connectivity index (χ1n) is 3.12. The summed E-state index contributed by atoms with van der Waals surface area (Å²) in [5.41, 5.74) is 2.10. The standard InChI is InChI=1S/C7H15NO2/c1-6(10-8-4)7(2,3)9-5/h8H,1H2,2-5H3. The maximum Gasteiger partial charge on any atom is 0.148 e. The lowest BCUT2D eigenvalue weighted by atomic mass is 10.1. The van der Waals surface area contributed by atoms with Gasteiger partial charge in [0.1, 0.15) is 11.4 Å². The van der Waals surface area contributed by atoms with Gasteiger partial charge in [0.05, 0.1) is 0 Å². The zero-order valence-corrected chi connectivity index (χ0v) is 7.02. The van der Waals surface area contributed by atoms with E-state index < -0.39 is 5.60 Å². The van der Waals surface area contributed by atoms with Crippen LogP contribution in [0.2, 0.25) is 0 Å². The van der Waals surface area contributed by atoms with E-state index in [0.29, 0.717) is 5.76 Å². The van der Waals surface area contributed by atoms with E-state index in [0.717, 1.165) is 0 Å². The molecule has 0 saturated carbocycles. The maximum atomic E-state index is 5.09. The molecule has 60 valence electrons. The third kappa shape index (κ3) is 2.37. The third-order valence-corrected chi connectivity index (χ3v) is 1.41. The van der Waals surface area contributed by atoms with Crippen molar-refractivity contribution in [2.45, 2.75) is 19.4 Å². The van der Waals surface area contributed by atoms with Crippen LogP contribution < -0.4 is 5.48 Å². The van der Waals surface area contributed by atoms with Crippen LogP contribution in [0, 0.1) is 0 Å². The minimum Gasteiger partial charge on any atom is -0.411 e. The molecule has 3 heteroatoms. The monoisotopic (exact) mass is 145 g/mol. The van der Waals surface area contributed by atoms with Crippen LogP contribution in [0.15, 0.2) is 12.3 Å². The van der Waals surface area contributed by atoms with Crippen molar-refractivity contribution in [2.24, 2.45) is 0 Å². The van der Waals surface area contributed by atoms with Gasteiger partial charge in [0.25, 0.3) is 0 Å². The Labute approximate surface area is 62.0 Å². The van der Waals surface area contributed by atoms with E-state index in [1.54, 1.807) is 14.2 Å². The van der Waals surface area contributed by atoms with E-state index in [9.17, 15) is 0 Å². The van der Waals surface area contributed by atoms with Crippen LogP contribution in [0.4, 0.5) is 0 Å². The molecule has 0 spiro atoms. The summed E-state index contributed by atoms with van der Waals surface area (Å²) >= 11 is 0. The molecule has 0 aromatic rings. The van der Waals surface area contributed by atoms with Gasteiger partial charge in [0, 0.05) is 14.2 Å². The van der Waals surface area contributed by atoms with Crippen LogP contribution in [0.1, 0.15) is 13.8 Å². The molecule has 0 unspecified atom stereocenters. The Balaban J connectivity index is 3.91. The molecule has 0 aliphatic rings. The second-order valence-corrected chi connectivity index (χ2v) is 2.44. The predicted octanol–water partition coefficient (Wildman–Crippen LogP) is 1.08. The molecule has 0 aliphatic heterocycles. The van der Waals surface area contributed by atoms with Gasteiger partial charge in [-0.05, 0) is 13.8 Å². The Morgan fingerprint density at radius 2 is 2.00 bits per heavy atom. The van der Waals surface area contributed by atoms with Crippen molar-refractivity contribution in [1.29, 1.82) is 0 Å². The minimum absolute atomic E-state index is 0.428. The highest BCUT2D eigenvalue weighted by atomic mass is 16.7. The molecule has 10 heavy (non-hydrogen) atoms. The molecule has 0 amide bonds. The van der Waals surface area contributed by atoms with Crippen LogP contribution in [0.3, 0.4) is 0 Å². The molecule has 0 radical (unpaired) electrons. The van der Waals surface area contributed by atoms with Crippen LogP contribution in [0.25, 0.3) is 0 Å². The van der Waals surface area contributed by atoms with E-state index in [4.69, 9.17) is 9.57 Å². The lowest BCUT2D eigenvalue weighted by Gasteiger charge is -2.24. The van der Waals surface area contributed by atoms with Gasteiger partial charge in [-0.3, -0.25) is 0 Å². The van der Waals surface area contributed by atoms with E-state index in [-0.39, 0.29) is 0 Å². The quantitative estimate of drug-likeness (QED) is 0.474. The Bertz CT molecular complexity index is 121. The van der Waals surface area contributed by atoms with Crippen molar-refractivity contribution < 1.29 is 9.57 Å². The van der Waals surface area contributed by atoms with Crippen molar-refractivity contribution in [3.8, 4) is 0 Å². The number of hydrogen-bond acceptors (Lipinski definition) is 3. The van der Waals surface area contributed by atoms with Crippen LogP contribution >= 0.6 is 0 Å². The van der Waals surface area contributed by atoms with E-state index in [2.05, 4.69) is 12.1 Å². The first-order valence-corrected chi connectivity index (χ1v) is 3.12. The summed E-state index contributed by atoms with van der Waals surface area (Å²) in [5.74, 6) is 0.567. The third-order valence-electron chi connectivity index (χ3n) is 1.41. The van der Waals surface area contributed by atoms with Gasteiger partial charge >= 0.3 is 0 Å². The second-order valence-electron chi connectivity index (χ2n) is 2.44. The molecule has 0 aromatic carbocycles. The number of hydroxylamine groups is 1. The topological polar surface area (TPSA) is 30.5 Å². The zero-order valence-electron chi connectivity index (χ0n) is 7.02. The van der Waals surface area contributed by atoms with Crippen LogP contribution in [-0.2, 0) is 9.57 Å². The molecule has 0 heterocycles. The van der Waals surface area contributed by atoms with Gasteiger partial charge in [-0.1, -0.05) is 6.58 Å². The van der Waals surface area contributed by atoms with E-state index in [1.807, 2.05) is 13.8 Å². The van der Waals surface area contributed by atoms with Gasteiger partial charge in [-0.15, -0.1) is 0 Å². The molecule has 0 saturated heterocycles. The van der Waals surface area contributed by atoms with Gasteiger partial charge in [0.2, 0.25) is 0 Å². The smallest absolute Gasteiger partial charge is 0.148 e. The number of ether oxygens (including phenoxy) is 1. The summed E-state index contributed by atoms with van der Waals surface area (Å²) < 4.78 is 5.09. The number of hydrogen-bond donors (Lipinski definition) is 1. The summed E-state index contributed by atoms with van der Waals surface area (Å²) in [5, 5.41) is 0. The lowest BCUT2D eigenvalue weighted by molar-refractivity contribution is -0.0207. The number of nitrogens with one attached hydrogen (secondary N) is 1. The van der Waals surface area contributed by atoms with Gasteiger partial charge < -0.3 is 9.57 Å². The average Bonchev–Trinajstić information content (AvgIpc) is 1.89. The molecule has 0 bridgehead atoms. The molecular weight excluding hydrogens is 130 g/mol. The fourth-order valence-electron chi connectivity index (χ4n) is 0.360. The highest BCUT2D eigenvalue weighted by molar-refractivity contribution is 5.00. The van der Waals surface area contributed by atoms with Crippen molar-refractivity contribution >= 4 is 0 Å². The van der Waals surface area contributed by atoms with Crippen LogP contribution in [-0.4, -0.2) is 19.8 Å². The highest BCUT2D eigenvalue weighted by Gasteiger charge is 2.22. The molecule has 1 N–H and O–H groups in total. The van der Waals surface area contributed by atoms with Crippen molar-refractivity contribution in [3.05, 3.63) is 12.3 Å². The molecule has 0 rings (SSSR count). The van der Waals surface area contributed by atoms with E-state index >= 15 is 0 Å². The first kappa shape index (κ1) is 9.46. The molecule has 0 aliphatic carbocycles. The summed E-state index contributed by atoms with van der Waals surface area (Å²) in [6, 6.07) is 0. The molecular formula is C7H15NO2. The molecule has 0 aromatic heterocycles. The lowest BCUT2D eigenvalue weighted by Crippen LogP contribution is -2.28. The predicted molar refractivity (Wildman–Crippen MR) is 40.4 cm³/mol. The largest absolute Gasteiger partial charge is 0.411 e. The van der Waals surface area contributed by atoms with Gasteiger partial charge in [-0.25, -0.2) is 0 Å². The number of methoxy groups -OCH3 is 1. The molecule has 0 fully saturated rings. The fourth-order valence-corrected chi connectivity index (χ4v) is 0.360. The summed E-state index contributed by atoms with van der Waals surface area (Å²) in [4.78, 5) is 4.93. The summed E-state index contributed by atoms with van der Waals surface area (Å²) in [7, 11) is 3.29. The van der Waals surface area contributed by atoms with Gasteiger partial charge in [0.15, 0.2) is 0 Å². The fraction of sp³-hybridized carbons (Fsp3) is 0.714. The minimum atomic E-state index is -0.428. The maximum absolute atomic E-state index is 5.09. The zero-order chi connectivity index (χ0) is 8.20. The average molecular weight is 145 g/mol. The van der Waals surface area contributed by atoms with Crippen LogP contribution in [0.5, 0.6) is 0 Å². The molecule has 0 atom stereocenters. The summed E-state index contributed by atoms with van der Waals surface area (Å²) in [6.45, 7) is 7.44. The van der Waals surface area contributed by atoms with Gasteiger partial charge in [-0.2, -0.15) is 5.48 Å². The first-order chi connectivity index (χ1) is 4.54. The second kappa shape index (κ2) is 3.58. The Kier molecular flexibility index (Phi) is 3.39. The van der Waals surface area contributed by atoms with E-state index in [1.165, 1.54) is 0 Å². The number of rotatable bonds is 4. The Morgan fingerprint density at radius 1 is 1.50 bits per heavy atom. The van der Waals surface area contributed by atoms with Crippen molar-refractivity contribution in [1.82, 2.24) is 5.48 Å². The Hall–Kier alpha value is -0.540. The Morgan fingerprint density at radius 3 is 2.30 bits per heavy atom. The normalized spacial score (nSPS) is 11.2. The highest BCUT2D eigenvalue weighted by Crippen LogP contribution is 2.17. The van der Waals surface area contributed by atoms with Crippen molar-refractivity contribution in [2.75, 3.05) is 14.2 Å². The van der Waals surface area contributed by atoms with Crippen molar-refractivity contribution in [3.63, 3.8) is 0 Å². The molecule has 3 nitrogen and oxygen atoms in total. The SMILES string of the molecule is C=C(ONC)C(C)(C)OC.